The minimum atomic E-state index is -1.17. The molecular formula is C14H19FN2O3. The van der Waals surface area contributed by atoms with Gasteiger partial charge in [-0.15, -0.1) is 0 Å². The van der Waals surface area contributed by atoms with Gasteiger partial charge in [-0.3, -0.25) is 0 Å². The molecule has 1 aliphatic heterocycles. The van der Waals surface area contributed by atoms with Gasteiger partial charge in [0.05, 0.1) is 11.3 Å². The Morgan fingerprint density at radius 2 is 2.20 bits per heavy atom. The first-order valence-corrected chi connectivity index (χ1v) is 6.74. The third-order valence-corrected chi connectivity index (χ3v) is 3.75. The van der Waals surface area contributed by atoms with Gasteiger partial charge < -0.3 is 20.8 Å². The predicted octanol–water partition coefficient (Wildman–Crippen LogP) is 1.85. The molecule has 1 aromatic carbocycles. The van der Waals surface area contributed by atoms with Gasteiger partial charge in [-0.1, -0.05) is 0 Å². The Hall–Kier alpha value is -1.82. The van der Waals surface area contributed by atoms with Gasteiger partial charge in [-0.25, -0.2) is 9.18 Å². The van der Waals surface area contributed by atoms with Crippen LogP contribution in [0.5, 0.6) is 0 Å². The highest BCUT2D eigenvalue weighted by atomic mass is 19.1. The molecular weight excluding hydrogens is 263 g/mol. The van der Waals surface area contributed by atoms with Gasteiger partial charge in [-0.2, -0.15) is 0 Å². The van der Waals surface area contributed by atoms with Crippen LogP contribution >= 0.6 is 0 Å². The van der Waals surface area contributed by atoms with Crippen LogP contribution in [0.3, 0.4) is 0 Å². The van der Waals surface area contributed by atoms with Crippen LogP contribution in [0.2, 0.25) is 0 Å². The summed E-state index contributed by atoms with van der Waals surface area (Å²) in [6, 6.07) is 2.39. The van der Waals surface area contributed by atoms with Crippen molar-refractivity contribution in [3.63, 3.8) is 0 Å². The Balaban J connectivity index is 2.39. The van der Waals surface area contributed by atoms with Crippen LogP contribution < -0.4 is 10.6 Å². The van der Waals surface area contributed by atoms with Gasteiger partial charge in [0.2, 0.25) is 0 Å². The van der Waals surface area contributed by atoms with Crippen molar-refractivity contribution in [3.8, 4) is 0 Å². The second-order valence-corrected chi connectivity index (χ2v) is 5.05. The summed E-state index contributed by atoms with van der Waals surface area (Å²) >= 11 is 0. The number of piperidine rings is 1. The Bertz CT molecular complexity index is 505. The van der Waals surface area contributed by atoms with E-state index >= 15 is 0 Å². The first-order chi connectivity index (χ1) is 9.54. The lowest BCUT2D eigenvalue weighted by atomic mass is 9.98. The molecule has 1 heterocycles. The highest BCUT2D eigenvalue weighted by Crippen LogP contribution is 2.31. The number of halogens is 1. The Morgan fingerprint density at radius 1 is 1.45 bits per heavy atom. The van der Waals surface area contributed by atoms with Crippen molar-refractivity contribution in [3.05, 3.63) is 23.5 Å². The summed E-state index contributed by atoms with van der Waals surface area (Å²) in [6.45, 7) is 0.689. The third kappa shape index (κ3) is 2.85. The number of rotatable bonds is 4. The number of aromatic carboxylic acids is 1. The molecule has 0 bridgehead atoms. The highest BCUT2D eigenvalue weighted by molar-refractivity contribution is 5.95. The zero-order chi connectivity index (χ0) is 14.7. The van der Waals surface area contributed by atoms with Gasteiger partial charge in [0.15, 0.2) is 0 Å². The second-order valence-electron chi connectivity index (χ2n) is 5.05. The van der Waals surface area contributed by atoms with E-state index in [2.05, 4.69) is 0 Å². The fraction of sp³-hybridized carbons (Fsp3) is 0.500. The molecule has 1 aromatic rings. The molecule has 2 rings (SSSR count). The monoisotopic (exact) mass is 282 g/mol. The molecule has 0 aromatic heterocycles. The summed E-state index contributed by atoms with van der Waals surface area (Å²) in [5.74, 6) is -1.68. The van der Waals surface area contributed by atoms with Crippen LogP contribution in [0.15, 0.2) is 12.1 Å². The molecule has 1 aliphatic rings. The molecule has 20 heavy (non-hydrogen) atoms. The van der Waals surface area contributed by atoms with Crippen LogP contribution in [0.25, 0.3) is 0 Å². The fourth-order valence-corrected chi connectivity index (χ4v) is 2.75. The lowest BCUT2D eigenvalue weighted by Crippen LogP contribution is -2.40. The van der Waals surface area contributed by atoms with Crippen molar-refractivity contribution < 1.29 is 19.4 Å². The third-order valence-electron chi connectivity index (χ3n) is 3.75. The zero-order valence-electron chi connectivity index (χ0n) is 11.2. The number of hydrogen-bond acceptors (Lipinski definition) is 4. The van der Waals surface area contributed by atoms with Crippen LogP contribution in [0.4, 0.5) is 15.8 Å². The summed E-state index contributed by atoms with van der Waals surface area (Å²) in [4.78, 5) is 13.0. The van der Waals surface area contributed by atoms with E-state index < -0.39 is 11.8 Å². The fourth-order valence-electron chi connectivity index (χ4n) is 2.75. The van der Waals surface area contributed by atoms with E-state index in [0.29, 0.717) is 13.0 Å². The summed E-state index contributed by atoms with van der Waals surface area (Å²) in [7, 11) is 0. The molecule has 0 radical (unpaired) electrons. The molecule has 1 saturated heterocycles. The minimum absolute atomic E-state index is 0.0313. The SMILES string of the molecule is Nc1cc(F)c(N2CCCCC2CCO)cc1C(=O)O. The van der Waals surface area contributed by atoms with E-state index in [4.69, 9.17) is 15.9 Å². The van der Waals surface area contributed by atoms with E-state index in [-0.39, 0.29) is 29.6 Å². The van der Waals surface area contributed by atoms with Crippen LogP contribution in [-0.2, 0) is 0 Å². The van der Waals surface area contributed by atoms with Crippen molar-refractivity contribution in [1.82, 2.24) is 0 Å². The molecule has 4 N–H and O–H groups in total. The van der Waals surface area contributed by atoms with Gasteiger partial charge >= 0.3 is 5.97 Å². The van der Waals surface area contributed by atoms with E-state index in [1.165, 1.54) is 6.07 Å². The number of carboxylic acids is 1. The second kappa shape index (κ2) is 6.09. The predicted molar refractivity (Wildman–Crippen MR) is 74.5 cm³/mol. The van der Waals surface area contributed by atoms with Crippen molar-refractivity contribution in [2.24, 2.45) is 0 Å². The number of nitrogens with zero attached hydrogens (tertiary/aromatic N) is 1. The number of carbonyl (C=O) groups is 1. The van der Waals surface area contributed by atoms with Crippen LogP contribution in [-0.4, -0.2) is 35.4 Å². The Labute approximate surface area is 116 Å². The number of aliphatic hydroxyl groups is 1. The lowest BCUT2D eigenvalue weighted by molar-refractivity contribution is 0.0698. The highest BCUT2D eigenvalue weighted by Gasteiger charge is 2.26. The van der Waals surface area contributed by atoms with E-state index in [1.54, 1.807) is 0 Å². The first-order valence-electron chi connectivity index (χ1n) is 6.74. The molecule has 0 amide bonds. The maximum absolute atomic E-state index is 14.1. The number of nitrogen functional groups attached to an aromatic ring is 1. The number of benzene rings is 1. The van der Waals surface area contributed by atoms with Gasteiger partial charge in [-0.05, 0) is 37.8 Å². The van der Waals surface area contributed by atoms with Crippen LogP contribution in [0, 0.1) is 5.82 Å². The summed E-state index contributed by atoms with van der Waals surface area (Å²) < 4.78 is 14.1. The summed E-state index contributed by atoms with van der Waals surface area (Å²) in [5, 5.41) is 18.2. The number of hydrogen-bond donors (Lipinski definition) is 3. The Kier molecular flexibility index (Phi) is 4.44. The number of nitrogens with two attached hydrogens (primary N) is 1. The average molecular weight is 282 g/mol. The molecule has 5 nitrogen and oxygen atoms in total. The normalized spacial score (nSPS) is 19.1. The van der Waals surface area contributed by atoms with E-state index in [9.17, 15) is 9.18 Å². The topological polar surface area (TPSA) is 86.8 Å². The maximum atomic E-state index is 14.1. The van der Waals surface area contributed by atoms with Crippen molar-refractivity contribution >= 4 is 17.3 Å². The molecule has 1 atom stereocenters. The van der Waals surface area contributed by atoms with Crippen molar-refractivity contribution in [1.29, 1.82) is 0 Å². The number of anilines is 2. The molecule has 0 spiro atoms. The minimum Gasteiger partial charge on any atom is -0.478 e. The maximum Gasteiger partial charge on any atom is 0.337 e. The summed E-state index contributed by atoms with van der Waals surface area (Å²) in [6.07, 6.45) is 3.37. The number of carboxylic acid groups (broad SMARTS) is 1. The average Bonchev–Trinajstić information content (AvgIpc) is 2.40. The van der Waals surface area contributed by atoms with Crippen molar-refractivity contribution in [2.75, 3.05) is 23.8 Å². The van der Waals surface area contributed by atoms with Gasteiger partial charge in [0.1, 0.15) is 5.82 Å². The molecule has 1 unspecified atom stereocenters. The molecule has 0 aliphatic carbocycles. The molecule has 6 heteroatoms. The smallest absolute Gasteiger partial charge is 0.337 e. The molecule has 0 saturated carbocycles. The standard InChI is InChI=1S/C14H19FN2O3/c15-11-8-12(16)10(14(19)20)7-13(11)17-5-2-1-3-9(17)4-6-18/h7-9,18H,1-6,16H2,(H,19,20). The Morgan fingerprint density at radius 3 is 2.85 bits per heavy atom. The van der Waals surface area contributed by atoms with E-state index in [1.807, 2.05) is 4.90 Å². The van der Waals surface area contributed by atoms with Crippen LogP contribution in [0.1, 0.15) is 36.0 Å². The molecule has 1 fully saturated rings. The quantitative estimate of drug-likeness (QED) is 0.734. The van der Waals surface area contributed by atoms with Gasteiger partial charge in [0, 0.05) is 24.9 Å². The summed E-state index contributed by atoms with van der Waals surface area (Å²) in [5.41, 5.74) is 5.63. The lowest BCUT2D eigenvalue weighted by Gasteiger charge is -2.37. The number of aliphatic hydroxyl groups excluding tert-OH is 1. The van der Waals surface area contributed by atoms with Crippen molar-refractivity contribution in [2.45, 2.75) is 31.7 Å². The van der Waals surface area contributed by atoms with E-state index in [0.717, 1.165) is 25.3 Å². The molecule has 110 valence electrons. The van der Waals surface area contributed by atoms with Gasteiger partial charge in [0.25, 0.3) is 0 Å². The zero-order valence-corrected chi connectivity index (χ0v) is 11.2. The first kappa shape index (κ1) is 14.6. The largest absolute Gasteiger partial charge is 0.478 e.